The fourth-order valence-electron chi connectivity index (χ4n) is 3.08. The van der Waals surface area contributed by atoms with Crippen LogP contribution in [0, 0.1) is 0 Å². The van der Waals surface area contributed by atoms with E-state index in [0.29, 0.717) is 12.0 Å². The first kappa shape index (κ1) is 15.2. The van der Waals surface area contributed by atoms with Gasteiger partial charge in [0.15, 0.2) is 0 Å². The summed E-state index contributed by atoms with van der Waals surface area (Å²) in [7, 11) is 0. The third kappa shape index (κ3) is 2.70. The molecule has 0 aromatic heterocycles. The van der Waals surface area contributed by atoms with Crippen LogP contribution in [-0.2, 0) is 4.79 Å². The van der Waals surface area contributed by atoms with E-state index in [-0.39, 0.29) is 22.8 Å². The Morgan fingerprint density at radius 2 is 1.48 bits per heavy atom. The van der Waals surface area contributed by atoms with E-state index in [1.807, 2.05) is 37.3 Å². The van der Waals surface area contributed by atoms with Crippen LogP contribution in [0.1, 0.15) is 47.2 Å². The van der Waals surface area contributed by atoms with E-state index >= 15 is 0 Å². The number of carbonyl (C=O) groups excluding carboxylic acids is 2. The van der Waals surface area contributed by atoms with Crippen molar-refractivity contribution in [3.05, 3.63) is 76.9 Å². The van der Waals surface area contributed by atoms with Crippen molar-refractivity contribution >= 4 is 17.3 Å². The topological polar surface area (TPSA) is 54.4 Å². The molecule has 0 saturated carbocycles. The number of Topliss-reactive ketones (excluding diaryl/α,β-unsaturated/α-hetero) is 2. The molecule has 0 amide bonds. The number of benzene rings is 2. The van der Waals surface area contributed by atoms with Gasteiger partial charge in [-0.2, -0.15) is 0 Å². The number of fused-ring (bicyclic) bond motifs is 1. The predicted molar refractivity (Wildman–Crippen MR) is 89.4 cm³/mol. The van der Waals surface area contributed by atoms with Crippen LogP contribution in [0.4, 0.5) is 0 Å². The Bertz CT molecular complexity index is 788. The highest BCUT2D eigenvalue weighted by Crippen LogP contribution is 2.34. The second kappa shape index (κ2) is 6.21. The van der Waals surface area contributed by atoms with Gasteiger partial charge in [-0.1, -0.05) is 61.5 Å². The fourth-order valence-corrected chi connectivity index (χ4v) is 3.08. The van der Waals surface area contributed by atoms with Crippen molar-refractivity contribution in [2.24, 2.45) is 0 Å². The smallest absolute Gasteiger partial charge is 0.234 e. The number of aliphatic hydroxyl groups is 1. The van der Waals surface area contributed by atoms with Crippen LogP contribution in [-0.4, -0.2) is 16.7 Å². The lowest BCUT2D eigenvalue weighted by molar-refractivity contribution is -0.112. The van der Waals surface area contributed by atoms with Crippen LogP contribution in [0.2, 0.25) is 0 Å². The lowest BCUT2D eigenvalue weighted by Crippen LogP contribution is -2.25. The first-order valence-corrected chi connectivity index (χ1v) is 7.79. The Morgan fingerprint density at radius 3 is 2.13 bits per heavy atom. The number of hydrogen-bond donors (Lipinski definition) is 1. The first-order valence-electron chi connectivity index (χ1n) is 7.79. The van der Waals surface area contributed by atoms with Gasteiger partial charge in [-0.25, -0.2) is 0 Å². The Kier molecular flexibility index (Phi) is 4.11. The SMILES string of the molecule is CC[C@H](CC1=C(O)c2ccccc2C(=O)C1=O)c1ccccc1. The van der Waals surface area contributed by atoms with E-state index < -0.39 is 11.6 Å². The summed E-state index contributed by atoms with van der Waals surface area (Å²) in [5.74, 6) is -1.08. The summed E-state index contributed by atoms with van der Waals surface area (Å²) >= 11 is 0. The zero-order valence-corrected chi connectivity index (χ0v) is 13.0. The fraction of sp³-hybridized carbons (Fsp3) is 0.200. The molecule has 116 valence electrons. The minimum Gasteiger partial charge on any atom is -0.507 e. The molecule has 1 N–H and O–H groups in total. The Balaban J connectivity index is 2.01. The Labute approximate surface area is 135 Å². The summed E-state index contributed by atoms with van der Waals surface area (Å²) in [5.41, 5.74) is 2.07. The third-order valence-electron chi connectivity index (χ3n) is 4.41. The molecule has 23 heavy (non-hydrogen) atoms. The molecule has 2 aromatic rings. The van der Waals surface area contributed by atoms with Crippen molar-refractivity contribution in [1.29, 1.82) is 0 Å². The maximum atomic E-state index is 12.4. The minimum absolute atomic E-state index is 0.0559. The molecule has 0 spiro atoms. The molecule has 0 bridgehead atoms. The summed E-state index contributed by atoms with van der Waals surface area (Å²) in [6, 6.07) is 16.6. The van der Waals surface area contributed by atoms with Crippen molar-refractivity contribution in [1.82, 2.24) is 0 Å². The quantitative estimate of drug-likeness (QED) is 0.857. The molecule has 0 radical (unpaired) electrons. The highest BCUT2D eigenvalue weighted by Gasteiger charge is 2.33. The largest absolute Gasteiger partial charge is 0.507 e. The van der Waals surface area contributed by atoms with E-state index in [2.05, 4.69) is 0 Å². The highest BCUT2D eigenvalue weighted by atomic mass is 16.3. The monoisotopic (exact) mass is 306 g/mol. The number of ketones is 2. The maximum Gasteiger partial charge on any atom is 0.234 e. The van der Waals surface area contributed by atoms with Crippen LogP contribution in [0.3, 0.4) is 0 Å². The molecule has 2 aromatic carbocycles. The molecule has 0 heterocycles. The van der Waals surface area contributed by atoms with Crippen molar-refractivity contribution in [2.45, 2.75) is 25.7 Å². The van der Waals surface area contributed by atoms with Crippen molar-refractivity contribution in [3.63, 3.8) is 0 Å². The predicted octanol–water partition coefficient (Wildman–Crippen LogP) is 4.31. The van der Waals surface area contributed by atoms with Gasteiger partial charge in [0.05, 0.1) is 0 Å². The number of allylic oxidation sites excluding steroid dienone is 1. The molecule has 3 rings (SSSR count). The molecule has 0 unspecified atom stereocenters. The summed E-state index contributed by atoms with van der Waals surface area (Å²) in [6.07, 6.45) is 1.19. The molecular weight excluding hydrogens is 288 g/mol. The molecule has 0 saturated heterocycles. The van der Waals surface area contributed by atoms with Crippen molar-refractivity contribution in [3.8, 4) is 0 Å². The maximum absolute atomic E-state index is 12.4. The van der Waals surface area contributed by atoms with E-state index in [1.54, 1.807) is 24.3 Å². The molecular formula is C20H18O3. The van der Waals surface area contributed by atoms with Gasteiger partial charge in [0.2, 0.25) is 11.6 Å². The first-order chi connectivity index (χ1) is 11.1. The van der Waals surface area contributed by atoms with Crippen LogP contribution in [0.25, 0.3) is 5.76 Å². The standard InChI is InChI=1S/C20H18O3/c1-2-13(14-8-4-3-5-9-14)12-17-18(21)15-10-6-7-11-16(15)19(22)20(17)23/h3-11,13,21H,2,12H2,1H3/t13-/m1/s1. The lowest BCUT2D eigenvalue weighted by Gasteiger charge is -2.21. The molecule has 1 aliphatic carbocycles. The van der Waals surface area contributed by atoms with Crippen LogP contribution in [0.5, 0.6) is 0 Å². The zero-order chi connectivity index (χ0) is 16.4. The molecule has 0 fully saturated rings. The van der Waals surface area contributed by atoms with Gasteiger partial charge in [0.1, 0.15) is 5.76 Å². The summed E-state index contributed by atoms with van der Waals surface area (Å²) in [5, 5.41) is 10.5. The van der Waals surface area contributed by atoms with E-state index in [4.69, 9.17) is 0 Å². The summed E-state index contributed by atoms with van der Waals surface area (Å²) in [4.78, 5) is 24.7. The number of hydrogen-bond acceptors (Lipinski definition) is 3. The van der Waals surface area contributed by atoms with Crippen molar-refractivity contribution < 1.29 is 14.7 Å². The van der Waals surface area contributed by atoms with Gasteiger partial charge in [0, 0.05) is 16.7 Å². The second-order valence-corrected chi connectivity index (χ2v) is 5.75. The average molecular weight is 306 g/mol. The summed E-state index contributed by atoms with van der Waals surface area (Å²) < 4.78 is 0. The van der Waals surface area contributed by atoms with E-state index in [1.165, 1.54) is 0 Å². The van der Waals surface area contributed by atoms with Gasteiger partial charge < -0.3 is 5.11 Å². The Morgan fingerprint density at radius 1 is 0.870 bits per heavy atom. The zero-order valence-electron chi connectivity index (χ0n) is 13.0. The van der Waals surface area contributed by atoms with Crippen molar-refractivity contribution in [2.75, 3.05) is 0 Å². The molecule has 0 aliphatic heterocycles. The molecule has 1 aliphatic rings. The Hall–Kier alpha value is -2.68. The van der Waals surface area contributed by atoms with Crippen LogP contribution >= 0.6 is 0 Å². The van der Waals surface area contributed by atoms with E-state index in [9.17, 15) is 14.7 Å². The second-order valence-electron chi connectivity index (χ2n) is 5.75. The lowest BCUT2D eigenvalue weighted by atomic mass is 9.81. The molecule has 3 nitrogen and oxygen atoms in total. The molecule has 3 heteroatoms. The van der Waals surface area contributed by atoms with E-state index in [0.717, 1.165) is 12.0 Å². The van der Waals surface area contributed by atoms with Gasteiger partial charge in [-0.15, -0.1) is 0 Å². The minimum atomic E-state index is -0.587. The molecule has 1 atom stereocenters. The van der Waals surface area contributed by atoms with Gasteiger partial charge >= 0.3 is 0 Å². The normalized spacial score (nSPS) is 15.5. The van der Waals surface area contributed by atoms with Gasteiger partial charge in [-0.3, -0.25) is 9.59 Å². The average Bonchev–Trinajstić information content (AvgIpc) is 2.61. The number of carbonyl (C=O) groups is 2. The number of rotatable bonds is 4. The highest BCUT2D eigenvalue weighted by molar-refractivity contribution is 6.52. The van der Waals surface area contributed by atoms with Crippen LogP contribution < -0.4 is 0 Å². The summed E-state index contributed by atoms with van der Waals surface area (Å²) in [6.45, 7) is 2.04. The van der Waals surface area contributed by atoms with Crippen LogP contribution in [0.15, 0.2) is 60.2 Å². The number of aliphatic hydroxyl groups excluding tert-OH is 1. The van der Waals surface area contributed by atoms with Gasteiger partial charge in [-0.05, 0) is 24.3 Å². The third-order valence-corrected chi connectivity index (χ3v) is 4.41. The van der Waals surface area contributed by atoms with Gasteiger partial charge in [0.25, 0.3) is 0 Å².